The van der Waals surface area contributed by atoms with Gasteiger partial charge in [-0.2, -0.15) is 0 Å². The molecule has 1 aromatic heterocycles. The summed E-state index contributed by atoms with van der Waals surface area (Å²) in [6, 6.07) is 11.9. The summed E-state index contributed by atoms with van der Waals surface area (Å²) in [6.45, 7) is 5.25. The highest BCUT2D eigenvalue weighted by Crippen LogP contribution is 2.19. The van der Waals surface area contributed by atoms with E-state index in [1.54, 1.807) is 7.05 Å². The Bertz CT molecular complexity index is 639. The average Bonchev–Trinajstić information content (AvgIpc) is 3.05. The first-order chi connectivity index (χ1) is 11.2. The molecule has 0 atom stereocenters. The van der Waals surface area contributed by atoms with Crippen molar-refractivity contribution in [1.82, 2.24) is 15.4 Å². The monoisotopic (exact) mass is 440 g/mol. The van der Waals surface area contributed by atoms with E-state index in [2.05, 4.69) is 26.9 Å². The van der Waals surface area contributed by atoms with Gasteiger partial charge in [-0.25, -0.2) is 0 Å². The van der Waals surface area contributed by atoms with E-state index in [4.69, 9.17) is 4.52 Å². The van der Waals surface area contributed by atoms with Crippen LogP contribution in [0.2, 0.25) is 0 Å². The molecule has 0 spiro atoms. The first kappa shape index (κ1) is 20.2. The van der Waals surface area contributed by atoms with Gasteiger partial charge in [0.15, 0.2) is 11.7 Å². The number of benzene rings is 1. The van der Waals surface area contributed by atoms with Gasteiger partial charge in [0.2, 0.25) is 0 Å². The number of aromatic nitrogens is 1. The number of nitrogens with zero attached hydrogens (tertiary/aromatic N) is 3. The molecule has 0 fully saturated rings. The van der Waals surface area contributed by atoms with Crippen LogP contribution >= 0.6 is 24.0 Å². The smallest absolute Gasteiger partial charge is 0.193 e. The van der Waals surface area contributed by atoms with Crippen molar-refractivity contribution in [3.05, 3.63) is 54.7 Å². The Kier molecular flexibility index (Phi) is 9.14. The van der Waals surface area contributed by atoms with Gasteiger partial charge in [-0.3, -0.25) is 4.99 Å². The maximum Gasteiger partial charge on any atom is 0.193 e. The number of halogens is 1. The topological polar surface area (TPSA) is 53.7 Å². The van der Waals surface area contributed by atoms with E-state index >= 15 is 0 Å². The lowest BCUT2D eigenvalue weighted by atomic mass is 10.2. The minimum atomic E-state index is 0. The summed E-state index contributed by atoms with van der Waals surface area (Å²) in [5, 5.41) is 7.41. The van der Waals surface area contributed by atoms with E-state index in [-0.39, 0.29) is 24.0 Å². The predicted molar refractivity (Wildman–Crippen MR) is 110 cm³/mol. The van der Waals surface area contributed by atoms with Crippen LogP contribution < -0.4 is 5.32 Å². The highest BCUT2D eigenvalue weighted by Gasteiger charge is 2.09. The number of hydrogen-bond acceptors (Lipinski definition) is 3. The lowest BCUT2D eigenvalue weighted by Crippen LogP contribution is -2.39. The van der Waals surface area contributed by atoms with E-state index in [1.165, 1.54) is 0 Å². The largest absolute Gasteiger partial charge is 0.356 e. The van der Waals surface area contributed by atoms with Crippen molar-refractivity contribution in [2.24, 2.45) is 4.99 Å². The van der Waals surface area contributed by atoms with Gasteiger partial charge in [-0.15, -0.1) is 30.6 Å². The van der Waals surface area contributed by atoms with Crippen molar-refractivity contribution in [2.45, 2.75) is 19.4 Å². The van der Waals surface area contributed by atoms with Gasteiger partial charge in [-0.05, 0) is 12.8 Å². The molecule has 0 radical (unpaired) electrons. The fourth-order valence-electron chi connectivity index (χ4n) is 2.27. The summed E-state index contributed by atoms with van der Waals surface area (Å²) in [5.74, 6) is 1.62. The maximum absolute atomic E-state index is 5.40. The maximum atomic E-state index is 5.40. The molecule has 1 N–H and O–H groups in total. The minimum Gasteiger partial charge on any atom is -0.356 e. The molecule has 0 saturated heterocycles. The molecule has 0 aliphatic carbocycles. The zero-order chi connectivity index (χ0) is 16.5. The first-order valence-electron chi connectivity index (χ1n) is 7.78. The van der Waals surface area contributed by atoms with Crippen LogP contribution in [0.3, 0.4) is 0 Å². The predicted octanol–water partition coefficient (Wildman–Crippen LogP) is 3.93. The van der Waals surface area contributed by atoms with Gasteiger partial charge in [-0.1, -0.05) is 41.6 Å². The second kappa shape index (κ2) is 10.9. The van der Waals surface area contributed by atoms with E-state index in [1.807, 2.05) is 49.5 Å². The Hall–Kier alpha value is -1.83. The molecule has 0 amide bonds. The molecule has 0 saturated carbocycles. The molecule has 0 aliphatic rings. The summed E-state index contributed by atoms with van der Waals surface area (Å²) in [6.07, 6.45) is 4.00. The van der Waals surface area contributed by atoms with Crippen LogP contribution in [0, 0.1) is 0 Å². The Morgan fingerprint density at radius 1 is 1.38 bits per heavy atom. The van der Waals surface area contributed by atoms with Crippen molar-refractivity contribution in [3.8, 4) is 11.3 Å². The molecule has 130 valence electrons. The van der Waals surface area contributed by atoms with Gasteiger partial charge in [0.25, 0.3) is 0 Å². The fourth-order valence-corrected chi connectivity index (χ4v) is 2.27. The second-order valence-corrected chi connectivity index (χ2v) is 5.30. The fraction of sp³-hybridized carbons (Fsp3) is 0.333. The highest BCUT2D eigenvalue weighted by molar-refractivity contribution is 14.0. The summed E-state index contributed by atoms with van der Waals surface area (Å²) in [7, 11) is 3.81. The van der Waals surface area contributed by atoms with Crippen LogP contribution in [0.25, 0.3) is 11.3 Å². The lowest BCUT2D eigenvalue weighted by Gasteiger charge is -2.21. The summed E-state index contributed by atoms with van der Waals surface area (Å²) in [4.78, 5) is 6.39. The van der Waals surface area contributed by atoms with Crippen molar-refractivity contribution in [2.75, 3.05) is 20.6 Å². The lowest BCUT2D eigenvalue weighted by molar-refractivity contribution is 0.420. The number of hydrogen-bond donors (Lipinski definition) is 1. The zero-order valence-corrected chi connectivity index (χ0v) is 16.6. The summed E-state index contributed by atoms with van der Waals surface area (Å²) < 4.78 is 5.40. The molecule has 0 unspecified atom stereocenters. The molecule has 2 rings (SSSR count). The van der Waals surface area contributed by atoms with Gasteiger partial charge < -0.3 is 14.7 Å². The van der Waals surface area contributed by atoms with Crippen LogP contribution in [0.1, 0.15) is 18.5 Å². The van der Waals surface area contributed by atoms with Gasteiger partial charge in [0.05, 0.1) is 6.54 Å². The Morgan fingerprint density at radius 2 is 2.12 bits per heavy atom. The Morgan fingerprint density at radius 3 is 2.79 bits per heavy atom. The molecular weight excluding hydrogens is 415 g/mol. The van der Waals surface area contributed by atoms with Crippen LogP contribution in [0.15, 0.2) is 58.6 Å². The standard InChI is InChI=1S/C18H24N4O.HI/c1-4-5-9-12-22(3)18(19-2)20-14-16-13-17(23-21-16)15-10-7-6-8-11-15;/h4,6-8,10-11,13H,1,5,9,12,14H2,2-3H3,(H,19,20);1H. The van der Waals surface area contributed by atoms with Crippen molar-refractivity contribution in [3.63, 3.8) is 0 Å². The first-order valence-corrected chi connectivity index (χ1v) is 7.78. The van der Waals surface area contributed by atoms with E-state index in [0.717, 1.165) is 42.4 Å². The molecule has 24 heavy (non-hydrogen) atoms. The number of guanidine groups is 1. The molecule has 5 nitrogen and oxygen atoms in total. The molecule has 6 heteroatoms. The SMILES string of the molecule is C=CCCCN(C)C(=NC)NCc1cc(-c2ccccc2)on1.I. The third-order valence-corrected chi connectivity index (χ3v) is 3.52. The molecule has 0 aliphatic heterocycles. The quantitative estimate of drug-likeness (QED) is 0.233. The zero-order valence-electron chi connectivity index (χ0n) is 14.2. The summed E-state index contributed by atoms with van der Waals surface area (Å²) >= 11 is 0. The van der Waals surface area contributed by atoms with E-state index < -0.39 is 0 Å². The van der Waals surface area contributed by atoms with Gasteiger partial charge >= 0.3 is 0 Å². The number of rotatable bonds is 7. The minimum absolute atomic E-state index is 0. The van der Waals surface area contributed by atoms with Gasteiger partial charge in [0, 0.05) is 32.3 Å². The molecule has 0 bridgehead atoms. The number of allylic oxidation sites excluding steroid dienone is 1. The van der Waals surface area contributed by atoms with Crippen molar-refractivity contribution < 1.29 is 4.52 Å². The molecule has 2 aromatic rings. The Labute approximate surface area is 160 Å². The number of aliphatic imine (C=N–C) groups is 1. The average molecular weight is 440 g/mol. The third-order valence-electron chi connectivity index (χ3n) is 3.52. The normalized spacial score (nSPS) is 10.8. The van der Waals surface area contributed by atoms with Crippen LogP contribution in [0.5, 0.6) is 0 Å². The van der Waals surface area contributed by atoms with Crippen LogP contribution in [-0.2, 0) is 6.54 Å². The molecule has 1 aromatic carbocycles. The second-order valence-electron chi connectivity index (χ2n) is 5.30. The Balaban J connectivity index is 0.00000288. The van der Waals surface area contributed by atoms with Crippen LogP contribution in [0.4, 0.5) is 0 Å². The number of unbranched alkanes of at least 4 members (excludes halogenated alkanes) is 1. The highest BCUT2D eigenvalue weighted by atomic mass is 127. The summed E-state index contributed by atoms with van der Waals surface area (Å²) in [5.41, 5.74) is 1.88. The van der Waals surface area contributed by atoms with Crippen molar-refractivity contribution in [1.29, 1.82) is 0 Å². The molecule has 1 heterocycles. The van der Waals surface area contributed by atoms with E-state index in [9.17, 15) is 0 Å². The van der Waals surface area contributed by atoms with Crippen molar-refractivity contribution >= 4 is 29.9 Å². The molecular formula is C18H25IN4O. The number of nitrogens with one attached hydrogen (secondary N) is 1. The van der Waals surface area contributed by atoms with Gasteiger partial charge in [0.1, 0.15) is 5.69 Å². The van der Waals surface area contributed by atoms with E-state index in [0.29, 0.717) is 6.54 Å². The third kappa shape index (κ3) is 5.99. The van der Waals surface area contributed by atoms with Crippen LogP contribution in [-0.4, -0.2) is 36.7 Å².